The van der Waals surface area contributed by atoms with E-state index in [4.69, 9.17) is 37.4 Å². The Kier molecular flexibility index (Phi) is 4.09. The first kappa shape index (κ1) is 14.7. The third-order valence-electron chi connectivity index (χ3n) is 3.46. The molecular formula is C16H14Cl2O3. The van der Waals surface area contributed by atoms with Gasteiger partial charge in [0.1, 0.15) is 5.75 Å². The van der Waals surface area contributed by atoms with Gasteiger partial charge in [0.25, 0.3) is 0 Å². The van der Waals surface area contributed by atoms with Crippen LogP contribution in [0.2, 0.25) is 10.0 Å². The molecule has 2 aromatic rings. The second-order valence-corrected chi connectivity index (χ2v) is 5.49. The molecule has 0 radical (unpaired) electrons. The standard InChI is InChI=1S/C16H14Cl2O3/c1-19-13-5-2-11(3-6-13)16(20-8-9-21-16)12-4-7-14(17)15(18)10-12/h2-7,10H,8-9H2,1H3. The molecule has 21 heavy (non-hydrogen) atoms. The zero-order valence-electron chi connectivity index (χ0n) is 11.4. The van der Waals surface area contributed by atoms with E-state index in [1.54, 1.807) is 19.2 Å². The number of rotatable bonds is 3. The number of hydrogen-bond acceptors (Lipinski definition) is 3. The summed E-state index contributed by atoms with van der Waals surface area (Å²) in [5.41, 5.74) is 1.71. The van der Waals surface area contributed by atoms with Crippen molar-refractivity contribution in [1.82, 2.24) is 0 Å². The molecule has 0 saturated carbocycles. The molecule has 1 fully saturated rings. The first-order valence-corrected chi connectivity index (χ1v) is 7.29. The number of ether oxygens (including phenoxy) is 3. The Bertz CT molecular complexity index is 634. The fourth-order valence-corrected chi connectivity index (χ4v) is 2.72. The molecule has 0 amide bonds. The summed E-state index contributed by atoms with van der Waals surface area (Å²) in [6.07, 6.45) is 0. The Labute approximate surface area is 133 Å². The SMILES string of the molecule is COc1ccc(C2(c3ccc(Cl)c(Cl)c3)OCCO2)cc1. The van der Waals surface area contributed by atoms with E-state index in [0.29, 0.717) is 23.3 Å². The quantitative estimate of drug-likeness (QED) is 0.844. The molecule has 2 aromatic carbocycles. The Morgan fingerprint density at radius 2 is 1.52 bits per heavy atom. The highest BCUT2D eigenvalue weighted by atomic mass is 35.5. The van der Waals surface area contributed by atoms with E-state index in [1.807, 2.05) is 30.3 Å². The molecule has 0 bridgehead atoms. The summed E-state index contributed by atoms with van der Waals surface area (Å²) in [5.74, 6) is -0.165. The highest BCUT2D eigenvalue weighted by Crippen LogP contribution is 2.40. The lowest BCUT2D eigenvalue weighted by atomic mass is 9.97. The number of methoxy groups -OCH3 is 1. The van der Waals surface area contributed by atoms with Gasteiger partial charge in [-0.3, -0.25) is 0 Å². The third kappa shape index (κ3) is 2.62. The van der Waals surface area contributed by atoms with Crippen LogP contribution in [0.25, 0.3) is 0 Å². The van der Waals surface area contributed by atoms with Crippen LogP contribution < -0.4 is 4.74 Å². The summed E-state index contributed by atoms with van der Waals surface area (Å²) < 4.78 is 17.0. The molecule has 3 nitrogen and oxygen atoms in total. The normalized spacial score (nSPS) is 16.9. The van der Waals surface area contributed by atoms with Crippen molar-refractivity contribution in [2.75, 3.05) is 20.3 Å². The average Bonchev–Trinajstić information content (AvgIpc) is 3.01. The molecule has 0 unspecified atom stereocenters. The van der Waals surface area contributed by atoms with E-state index in [9.17, 15) is 0 Å². The highest BCUT2D eigenvalue weighted by Gasteiger charge is 2.40. The fourth-order valence-electron chi connectivity index (χ4n) is 2.42. The van der Waals surface area contributed by atoms with Crippen molar-refractivity contribution in [3.63, 3.8) is 0 Å². The minimum absolute atomic E-state index is 0.473. The molecule has 0 aliphatic carbocycles. The Hall–Kier alpha value is -1.26. The van der Waals surface area contributed by atoms with Crippen molar-refractivity contribution in [2.45, 2.75) is 5.79 Å². The van der Waals surface area contributed by atoms with Crippen molar-refractivity contribution in [3.8, 4) is 5.75 Å². The molecule has 0 spiro atoms. The molecule has 1 aliphatic rings. The van der Waals surface area contributed by atoms with E-state index in [2.05, 4.69) is 0 Å². The molecule has 1 aliphatic heterocycles. The summed E-state index contributed by atoms with van der Waals surface area (Å²) in [4.78, 5) is 0. The van der Waals surface area contributed by atoms with Gasteiger partial charge in [-0.05, 0) is 36.4 Å². The summed E-state index contributed by atoms with van der Waals surface area (Å²) in [6, 6.07) is 13.0. The van der Waals surface area contributed by atoms with Crippen LogP contribution in [0.15, 0.2) is 42.5 Å². The molecule has 0 aromatic heterocycles. The minimum atomic E-state index is -0.944. The summed E-state index contributed by atoms with van der Waals surface area (Å²) in [6.45, 7) is 1.04. The van der Waals surface area contributed by atoms with Gasteiger partial charge in [0.2, 0.25) is 5.79 Å². The second kappa shape index (κ2) is 5.85. The number of halogens is 2. The van der Waals surface area contributed by atoms with Crippen molar-refractivity contribution in [3.05, 3.63) is 63.6 Å². The van der Waals surface area contributed by atoms with E-state index in [0.717, 1.165) is 16.9 Å². The van der Waals surface area contributed by atoms with Gasteiger partial charge >= 0.3 is 0 Å². The van der Waals surface area contributed by atoms with Crippen LogP contribution in [0.5, 0.6) is 5.75 Å². The summed E-state index contributed by atoms with van der Waals surface area (Å²) in [5, 5.41) is 0.976. The predicted octanol–water partition coefficient (Wildman–Crippen LogP) is 4.25. The molecule has 5 heteroatoms. The summed E-state index contributed by atoms with van der Waals surface area (Å²) in [7, 11) is 1.63. The van der Waals surface area contributed by atoms with Crippen LogP contribution in [0.3, 0.4) is 0 Å². The monoisotopic (exact) mass is 324 g/mol. The zero-order chi connectivity index (χ0) is 14.9. The average molecular weight is 325 g/mol. The maximum absolute atomic E-state index is 6.13. The Balaban J connectivity index is 2.08. The van der Waals surface area contributed by atoms with Crippen molar-refractivity contribution in [1.29, 1.82) is 0 Å². The Morgan fingerprint density at radius 3 is 2.10 bits per heavy atom. The first-order chi connectivity index (χ1) is 10.2. The minimum Gasteiger partial charge on any atom is -0.497 e. The van der Waals surface area contributed by atoms with E-state index < -0.39 is 5.79 Å². The zero-order valence-corrected chi connectivity index (χ0v) is 12.9. The molecular weight excluding hydrogens is 311 g/mol. The lowest BCUT2D eigenvalue weighted by molar-refractivity contribution is -0.129. The second-order valence-electron chi connectivity index (χ2n) is 4.67. The molecule has 3 rings (SSSR count). The van der Waals surface area contributed by atoms with Gasteiger partial charge in [0, 0.05) is 11.1 Å². The molecule has 0 N–H and O–H groups in total. The topological polar surface area (TPSA) is 27.7 Å². The van der Waals surface area contributed by atoms with Gasteiger partial charge in [-0.2, -0.15) is 0 Å². The van der Waals surface area contributed by atoms with Crippen LogP contribution in [0.4, 0.5) is 0 Å². The number of benzene rings is 2. The van der Waals surface area contributed by atoms with Gasteiger partial charge in [-0.25, -0.2) is 0 Å². The van der Waals surface area contributed by atoms with E-state index in [1.165, 1.54) is 0 Å². The largest absolute Gasteiger partial charge is 0.497 e. The van der Waals surface area contributed by atoms with Gasteiger partial charge in [0.15, 0.2) is 0 Å². The predicted molar refractivity (Wildman–Crippen MR) is 82.1 cm³/mol. The van der Waals surface area contributed by atoms with Crippen LogP contribution in [0, 0.1) is 0 Å². The molecule has 1 saturated heterocycles. The number of hydrogen-bond donors (Lipinski definition) is 0. The van der Waals surface area contributed by atoms with Crippen molar-refractivity contribution in [2.24, 2.45) is 0 Å². The first-order valence-electron chi connectivity index (χ1n) is 6.54. The maximum Gasteiger partial charge on any atom is 0.222 e. The fraction of sp³-hybridized carbons (Fsp3) is 0.250. The van der Waals surface area contributed by atoms with Gasteiger partial charge in [0.05, 0.1) is 30.4 Å². The van der Waals surface area contributed by atoms with Crippen LogP contribution >= 0.6 is 23.2 Å². The van der Waals surface area contributed by atoms with E-state index >= 15 is 0 Å². The van der Waals surface area contributed by atoms with Gasteiger partial charge < -0.3 is 14.2 Å². The van der Waals surface area contributed by atoms with Crippen LogP contribution in [0.1, 0.15) is 11.1 Å². The third-order valence-corrected chi connectivity index (χ3v) is 4.20. The highest BCUT2D eigenvalue weighted by molar-refractivity contribution is 6.42. The smallest absolute Gasteiger partial charge is 0.222 e. The van der Waals surface area contributed by atoms with E-state index in [-0.39, 0.29) is 0 Å². The summed E-state index contributed by atoms with van der Waals surface area (Å²) >= 11 is 12.1. The maximum atomic E-state index is 6.13. The molecule has 110 valence electrons. The van der Waals surface area contributed by atoms with Crippen LogP contribution in [-0.4, -0.2) is 20.3 Å². The van der Waals surface area contributed by atoms with Crippen molar-refractivity contribution < 1.29 is 14.2 Å². The van der Waals surface area contributed by atoms with Crippen LogP contribution in [-0.2, 0) is 15.3 Å². The Morgan fingerprint density at radius 1 is 0.905 bits per heavy atom. The lowest BCUT2D eigenvalue weighted by Gasteiger charge is -2.28. The van der Waals surface area contributed by atoms with Gasteiger partial charge in [-0.15, -0.1) is 0 Å². The lowest BCUT2D eigenvalue weighted by Crippen LogP contribution is -2.28. The molecule has 1 heterocycles. The molecule has 0 atom stereocenters. The van der Waals surface area contributed by atoms with Crippen molar-refractivity contribution >= 4 is 23.2 Å². The van der Waals surface area contributed by atoms with Gasteiger partial charge in [-0.1, -0.05) is 29.3 Å².